The molecule has 0 bridgehead atoms. The van der Waals surface area contributed by atoms with E-state index in [1.807, 2.05) is 6.07 Å². The SMILES string of the molecule is CCOC(=O)c1c(NC(=O)/C(C#N)=C\c2cc([N+](=O)[O-])ccc2Sc2ncccn2)sc(C)c1C. The van der Waals surface area contributed by atoms with Crippen molar-refractivity contribution in [1.29, 1.82) is 5.26 Å². The van der Waals surface area contributed by atoms with Gasteiger partial charge < -0.3 is 10.1 Å². The summed E-state index contributed by atoms with van der Waals surface area (Å²) in [4.78, 5) is 45.7. The number of thiophene rings is 1. The van der Waals surface area contributed by atoms with Crippen LogP contribution in [0.1, 0.15) is 33.3 Å². The number of esters is 1. The van der Waals surface area contributed by atoms with E-state index in [1.165, 1.54) is 35.6 Å². The average Bonchev–Trinajstić information content (AvgIpc) is 3.11. The van der Waals surface area contributed by atoms with Gasteiger partial charge in [0.1, 0.15) is 16.6 Å². The van der Waals surface area contributed by atoms with Crippen LogP contribution in [-0.4, -0.2) is 33.4 Å². The van der Waals surface area contributed by atoms with Crippen molar-refractivity contribution in [2.75, 3.05) is 11.9 Å². The number of nitro groups is 1. The number of nitro benzene ring substituents is 1. The van der Waals surface area contributed by atoms with Crippen molar-refractivity contribution >= 4 is 51.7 Å². The minimum Gasteiger partial charge on any atom is -0.462 e. The van der Waals surface area contributed by atoms with E-state index >= 15 is 0 Å². The minimum atomic E-state index is -0.766. The number of amides is 1. The topological polar surface area (TPSA) is 148 Å². The summed E-state index contributed by atoms with van der Waals surface area (Å²) in [7, 11) is 0. The van der Waals surface area contributed by atoms with Gasteiger partial charge in [0.05, 0.1) is 17.1 Å². The first-order valence-electron chi connectivity index (χ1n) is 10.2. The molecule has 0 atom stereocenters. The van der Waals surface area contributed by atoms with Gasteiger partial charge in [-0.1, -0.05) is 0 Å². The summed E-state index contributed by atoms with van der Waals surface area (Å²) < 4.78 is 5.09. The molecule has 0 aliphatic heterocycles. The predicted octanol–water partition coefficient (Wildman–Crippen LogP) is 4.94. The molecule has 0 aliphatic rings. The van der Waals surface area contributed by atoms with Gasteiger partial charge in [-0.25, -0.2) is 14.8 Å². The summed E-state index contributed by atoms with van der Waals surface area (Å²) in [6.45, 7) is 5.39. The fourth-order valence-corrected chi connectivity index (χ4v) is 4.77. The largest absolute Gasteiger partial charge is 0.462 e. The second-order valence-corrected chi connectivity index (χ2v) is 9.18. The number of rotatable bonds is 8. The van der Waals surface area contributed by atoms with Crippen LogP contribution in [0.5, 0.6) is 0 Å². The summed E-state index contributed by atoms with van der Waals surface area (Å²) in [5.74, 6) is -1.34. The smallest absolute Gasteiger partial charge is 0.341 e. The third kappa shape index (κ3) is 6.08. The molecule has 10 nitrogen and oxygen atoms in total. The summed E-state index contributed by atoms with van der Waals surface area (Å²) in [6.07, 6.45) is 4.36. The Morgan fingerprint density at radius 2 is 2.03 bits per heavy atom. The molecule has 2 heterocycles. The highest BCUT2D eigenvalue weighted by atomic mass is 32.2. The highest BCUT2D eigenvalue weighted by molar-refractivity contribution is 7.99. The lowest BCUT2D eigenvalue weighted by Gasteiger charge is -2.08. The fraction of sp³-hybridized carbons (Fsp3) is 0.174. The zero-order valence-corrected chi connectivity index (χ0v) is 20.5. The molecule has 0 saturated heterocycles. The third-order valence-corrected chi connectivity index (χ3v) is 6.81. The highest BCUT2D eigenvalue weighted by Crippen LogP contribution is 2.34. The van der Waals surface area contributed by atoms with E-state index in [-0.39, 0.29) is 34.0 Å². The van der Waals surface area contributed by atoms with Crippen LogP contribution in [0.2, 0.25) is 0 Å². The summed E-state index contributed by atoms with van der Waals surface area (Å²) in [6, 6.07) is 7.57. The number of aromatic nitrogens is 2. The zero-order chi connectivity index (χ0) is 25.5. The lowest BCUT2D eigenvalue weighted by molar-refractivity contribution is -0.384. The quantitative estimate of drug-likeness (QED) is 0.111. The number of hydrogen-bond acceptors (Lipinski definition) is 10. The standard InChI is InChI=1S/C23H19N5O5S2/c1-4-33-22(30)19-13(2)14(3)34-21(19)27-20(29)16(12-24)10-15-11-17(28(31)32)6-7-18(15)35-23-25-8-5-9-26-23/h5-11H,4H2,1-3H3,(H,27,29)/b16-10-. The number of non-ortho nitro benzene ring substituents is 1. The van der Waals surface area contributed by atoms with E-state index < -0.39 is 16.8 Å². The maximum absolute atomic E-state index is 13.0. The van der Waals surface area contributed by atoms with Gasteiger partial charge in [-0.05, 0) is 61.9 Å². The molecule has 0 radical (unpaired) electrons. The molecular weight excluding hydrogens is 490 g/mol. The molecule has 0 saturated carbocycles. The first-order chi connectivity index (χ1) is 16.7. The Kier molecular flexibility index (Phi) is 8.30. The van der Waals surface area contributed by atoms with E-state index in [4.69, 9.17) is 4.74 Å². The number of carbonyl (C=O) groups is 2. The molecule has 35 heavy (non-hydrogen) atoms. The number of nitrogens with one attached hydrogen (secondary N) is 1. The Balaban J connectivity index is 1.99. The molecule has 0 unspecified atom stereocenters. The van der Waals surface area contributed by atoms with E-state index in [0.717, 1.165) is 16.6 Å². The first kappa shape index (κ1) is 25.5. The van der Waals surface area contributed by atoms with Crippen molar-refractivity contribution in [3.05, 3.63) is 73.9 Å². The van der Waals surface area contributed by atoms with Gasteiger partial charge in [-0.3, -0.25) is 14.9 Å². The lowest BCUT2D eigenvalue weighted by Crippen LogP contribution is -2.16. The molecule has 1 aromatic carbocycles. The van der Waals surface area contributed by atoms with E-state index in [1.54, 1.807) is 39.2 Å². The Labute approximate surface area is 208 Å². The number of ether oxygens (including phenoxy) is 1. The zero-order valence-electron chi connectivity index (χ0n) is 18.9. The van der Waals surface area contributed by atoms with E-state index in [2.05, 4.69) is 15.3 Å². The maximum Gasteiger partial charge on any atom is 0.341 e. The molecule has 1 N–H and O–H groups in total. The molecule has 0 spiro atoms. The van der Waals surface area contributed by atoms with Crippen molar-refractivity contribution < 1.29 is 19.2 Å². The Bertz CT molecular complexity index is 1360. The Morgan fingerprint density at radius 1 is 1.31 bits per heavy atom. The summed E-state index contributed by atoms with van der Waals surface area (Å²) in [5, 5.41) is 24.3. The van der Waals surface area contributed by atoms with E-state index in [0.29, 0.717) is 15.6 Å². The summed E-state index contributed by atoms with van der Waals surface area (Å²) >= 11 is 2.32. The molecule has 2 aromatic heterocycles. The number of aryl methyl sites for hydroxylation is 1. The van der Waals surface area contributed by atoms with Crippen molar-refractivity contribution in [2.24, 2.45) is 0 Å². The van der Waals surface area contributed by atoms with Gasteiger partial charge in [-0.2, -0.15) is 5.26 Å². The number of benzene rings is 1. The van der Waals surface area contributed by atoms with Crippen LogP contribution in [0.15, 0.2) is 52.3 Å². The van der Waals surface area contributed by atoms with Gasteiger partial charge >= 0.3 is 5.97 Å². The highest BCUT2D eigenvalue weighted by Gasteiger charge is 2.23. The Hall–Kier alpha value is -4.08. The molecule has 3 rings (SSSR count). The maximum atomic E-state index is 13.0. The Morgan fingerprint density at radius 3 is 2.66 bits per heavy atom. The van der Waals surface area contributed by atoms with Gasteiger partial charge in [0.15, 0.2) is 5.16 Å². The third-order valence-electron chi connectivity index (χ3n) is 4.70. The number of anilines is 1. The number of hydrogen-bond donors (Lipinski definition) is 1. The fourth-order valence-electron chi connectivity index (χ4n) is 2.93. The second kappa shape index (κ2) is 11.4. The average molecular weight is 510 g/mol. The lowest BCUT2D eigenvalue weighted by atomic mass is 10.1. The van der Waals surface area contributed by atoms with Crippen molar-refractivity contribution in [3.8, 4) is 6.07 Å². The first-order valence-corrected chi connectivity index (χ1v) is 11.8. The number of nitriles is 1. The van der Waals surface area contributed by atoms with Crippen LogP contribution < -0.4 is 5.32 Å². The molecule has 0 fully saturated rings. The van der Waals surface area contributed by atoms with Crippen LogP contribution in [0.3, 0.4) is 0 Å². The normalized spacial score (nSPS) is 11.0. The van der Waals surface area contributed by atoms with Crippen molar-refractivity contribution in [2.45, 2.75) is 30.8 Å². The van der Waals surface area contributed by atoms with Crippen LogP contribution in [0.25, 0.3) is 6.08 Å². The number of nitrogens with zero attached hydrogens (tertiary/aromatic N) is 4. The molecule has 178 valence electrons. The summed E-state index contributed by atoms with van der Waals surface area (Å²) in [5.41, 5.74) is 0.660. The van der Waals surface area contributed by atoms with Crippen LogP contribution in [-0.2, 0) is 9.53 Å². The second-order valence-electron chi connectivity index (χ2n) is 6.94. The predicted molar refractivity (Wildman–Crippen MR) is 131 cm³/mol. The molecule has 3 aromatic rings. The monoisotopic (exact) mass is 509 g/mol. The minimum absolute atomic E-state index is 0.169. The van der Waals surface area contributed by atoms with Crippen LogP contribution in [0.4, 0.5) is 10.7 Å². The van der Waals surface area contributed by atoms with Gasteiger partial charge in [0, 0.05) is 34.3 Å². The van der Waals surface area contributed by atoms with Gasteiger partial charge in [0.2, 0.25) is 0 Å². The van der Waals surface area contributed by atoms with Crippen LogP contribution >= 0.6 is 23.1 Å². The van der Waals surface area contributed by atoms with E-state index in [9.17, 15) is 25.0 Å². The molecular formula is C23H19N5O5S2. The molecule has 0 aliphatic carbocycles. The van der Waals surface area contributed by atoms with Gasteiger partial charge in [-0.15, -0.1) is 11.3 Å². The molecule has 12 heteroatoms. The molecule has 1 amide bonds. The van der Waals surface area contributed by atoms with Crippen LogP contribution in [0, 0.1) is 35.3 Å². The van der Waals surface area contributed by atoms with Crippen molar-refractivity contribution in [3.63, 3.8) is 0 Å². The van der Waals surface area contributed by atoms with Crippen molar-refractivity contribution in [1.82, 2.24) is 9.97 Å². The van der Waals surface area contributed by atoms with Gasteiger partial charge in [0.25, 0.3) is 11.6 Å². The number of carbonyl (C=O) groups excluding carboxylic acids is 2.